The van der Waals surface area contributed by atoms with Gasteiger partial charge in [-0.15, -0.1) is 22.9 Å². The highest BCUT2D eigenvalue weighted by Crippen LogP contribution is 2.30. The van der Waals surface area contributed by atoms with Gasteiger partial charge in [0, 0.05) is 10.9 Å². The van der Waals surface area contributed by atoms with E-state index < -0.39 is 0 Å². The van der Waals surface area contributed by atoms with Gasteiger partial charge in [-0.3, -0.25) is 4.79 Å². The molecule has 19 heavy (non-hydrogen) atoms. The van der Waals surface area contributed by atoms with Gasteiger partial charge in [0.25, 0.3) is 5.91 Å². The standard InChI is InChI=1S/C15H20ClNOS/c16-11-6-4-7-12(11)17-15(18)14-9-10-5-2-1-3-8-13(10)19-14/h9,11-12H,1-8H2,(H,17,18). The number of carbonyl (C=O) groups is 1. The van der Waals surface area contributed by atoms with Crippen molar-refractivity contribution < 1.29 is 4.79 Å². The zero-order valence-electron chi connectivity index (χ0n) is 11.1. The third-order valence-corrected chi connectivity index (χ3v) is 5.98. The summed E-state index contributed by atoms with van der Waals surface area (Å²) in [6, 6.07) is 2.27. The number of alkyl halides is 1. The first-order valence-corrected chi connectivity index (χ1v) is 8.56. The number of amides is 1. The first-order chi connectivity index (χ1) is 9.24. The van der Waals surface area contributed by atoms with Gasteiger partial charge in [0.05, 0.1) is 10.3 Å². The average Bonchev–Trinajstić information content (AvgIpc) is 2.91. The monoisotopic (exact) mass is 297 g/mol. The lowest BCUT2D eigenvalue weighted by atomic mass is 10.1. The Morgan fingerprint density at radius 1 is 1.21 bits per heavy atom. The van der Waals surface area contributed by atoms with Crippen molar-refractivity contribution in [3.05, 3.63) is 21.4 Å². The minimum Gasteiger partial charge on any atom is -0.347 e. The van der Waals surface area contributed by atoms with Crippen LogP contribution >= 0.6 is 22.9 Å². The van der Waals surface area contributed by atoms with Gasteiger partial charge in [0.1, 0.15) is 0 Å². The molecule has 1 amide bonds. The molecule has 1 fully saturated rings. The summed E-state index contributed by atoms with van der Waals surface area (Å²) >= 11 is 7.91. The molecule has 0 spiro atoms. The smallest absolute Gasteiger partial charge is 0.261 e. The predicted molar refractivity (Wildman–Crippen MR) is 80.3 cm³/mol. The Kier molecular flexibility index (Phi) is 4.13. The van der Waals surface area contributed by atoms with Gasteiger partial charge in [0.2, 0.25) is 0 Å². The summed E-state index contributed by atoms with van der Waals surface area (Å²) in [4.78, 5) is 14.6. The molecule has 2 aliphatic carbocycles. The lowest BCUT2D eigenvalue weighted by Crippen LogP contribution is -2.37. The molecule has 2 aliphatic rings. The average molecular weight is 298 g/mol. The maximum atomic E-state index is 12.3. The zero-order valence-corrected chi connectivity index (χ0v) is 12.7. The largest absolute Gasteiger partial charge is 0.347 e. The molecule has 0 aromatic carbocycles. The van der Waals surface area contributed by atoms with E-state index in [0.29, 0.717) is 0 Å². The van der Waals surface area contributed by atoms with Crippen molar-refractivity contribution in [2.75, 3.05) is 0 Å². The maximum Gasteiger partial charge on any atom is 0.261 e. The van der Waals surface area contributed by atoms with Gasteiger partial charge in [-0.05, 0) is 56.6 Å². The van der Waals surface area contributed by atoms with E-state index in [2.05, 4.69) is 11.4 Å². The first-order valence-electron chi connectivity index (χ1n) is 7.30. The minimum absolute atomic E-state index is 0.0793. The van der Waals surface area contributed by atoms with Crippen LogP contribution in [0.4, 0.5) is 0 Å². The lowest BCUT2D eigenvalue weighted by molar-refractivity contribution is 0.0942. The summed E-state index contributed by atoms with van der Waals surface area (Å²) in [6.45, 7) is 0. The molecule has 1 N–H and O–H groups in total. The first kappa shape index (κ1) is 13.4. The fourth-order valence-electron chi connectivity index (χ4n) is 3.10. The second kappa shape index (κ2) is 5.84. The molecule has 104 valence electrons. The Morgan fingerprint density at radius 2 is 2.05 bits per heavy atom. The Hall–Kier alpha value is -0.540. The van der Waals surface area contributed by atoms with E-state index in [1.165, 1.54) is 29.7 Å². The third-order valence-electron chi connectivity index (χ3n) is 4.22. The summed E-state index contributed by atoms with van der Waals surface area (Å²) in [5.74, 6) is 0.0793. The fourth-order valence-corrected chi connectivity index (χ4v) is 4.60. The molecular weight excluding hydrogens is 278 g/mol. The summed E-state index contributed by atoms with van der Waals surface area (Å²) in [5, 5.41) is 3.22. The summed E-state index contributed by atoms with van der Waals surface area (Å²) < 4.78 is 0. The van der Waals surface area contributed by atoms with Crippen LogP contribution in [0.2, 0.25) is 0 Å². The molecule has 2 unspecified atom stereocenters. The highest BCUT2D eigenvalue weighted by Gasteiger charge is 2.27. The van der Waals surface area contributed by atoms with Gasteiger partial charge in [-0.2, -0.15) is 0 Å². The number of hydrogen-bond acceptors (Lipinski definition) is 2. The van der Waals surface area contributed by atoms with Crippen molar-refractivity contribution >= 4 is 28.8 Å². The third kappa shape index (κ3) is 2.97. The van der Waals surface area contributed by atoms with E-state index >= 15 is 0 Å². The van der Waals surface area contributed by atoms with E-state index in [1.807, 2.05) is 0 Å². The van der Waals surface area contributed by atoms with E-state index in [1.54, 1.807) is 11.3 Å². The second-order valence-corrected chi connectivity index (χ2v) is 7.34. The van der Waals surface area contributed by atoms with Crippen LogP contribution in [0.25, 0.3) is 0 Å². The number of thiophene rings is 1. The number of carbonyl (C=O) groups excluding carboxylic acids is 1. The molecule has 2 atom stereocenters. The van der Waals surface area contributed by atoms with Gasteiger partial charge in [0.15, 0.2) is 0 Å². The fraction of sp³-hybridized carbons (Fsp3) is 0.667. The zero-order chi connectivity index (χ0) is 13.2. The topological polar surface area (TPSA) is 29.1 Å². The van der Waals surface area contributed by atoms with E-state index in [4.69, 9.17) is 11.6 Å². The van der Waals surface area contributed by atoms with Gasteiger partial charge in [-0.1, -0.05) is 6.42 Å². The summed E-state index contributed by atoms with van der Waals surface area (Å²) in [5.41, 5.74) is 1.40. The Balaban J connectivity index is 1.70. The van der Waals surface area contributed by atoms with Gasteiger partial charge >= 0.3 is 0 Å². The van der Waals surface area contributed by atoms with Gasteiger partial charge in [-0.25, -0.2) is 0 Å². The molecule has 3 rings (SSSR count). The van der Waals surface area contributed by atoms with Crippen molar-refractivity contribution in [2.24, 2.45) is 0 Å². The Labute approximate surface area is 123 Å². The van der Waals surface area contributed by atoms with Crippen LogP contribution in [0.1, 0.15) is 58.6 Å². The van der Waals surface area contributed by atoms with Gasteiger partial charge < -0.3 is 5.32 Å². The minimum atomic E-state index is 0.0793. The van der Waals surface area contributed by atoms with Crippen LogP contribution in [-0.4, -0.2) is 17.3 Å². The highest BCUT2D eigenvalue weighted by atomic mass is 35.5. The van der Waals surface area contributed by atoms with E-state index in [-0.39, 0.29) is 17.3 Å². The van der Waals surface area contributed by atoms with Crippen molar-refractivity contribution in [1.82, 2.24) is 5.32 Å². The molecule has 0 bridgehead atoms. The number of rotatable bonds is 2. The van der Waals surface area contributed by atoms with E-state index in [9.17, 15) is 4.79 Å². The number of nitrogens with one attached hydrogen (secondary N) is 1. The number of fused-ring (bicyclic) bond motifs is 1. The van der Waals surface area contributed by atoms with Crippen molar-refractivity contribution in [1.29, 1.82) is 0 Å². The van der Waals surface area contributed by atoms with Crippen molar-refractivity contribution in [3.8, 4) is 0 Å². The summed E-state index contributed by atoms with van der Waals surface area (Å²) in [6.07, 6.45) is 9.30. The molecule has 1 saturated carbocycles. The number of aryl methyl sites for hydroxylation is 2. The van der Waals surface area contributed by atoms with Crippen LogP contribution in [0.15, 0.2) is 6.07 Å². The van der Waals surface area contributed by atoms with Crippen molar-refractivity contribution in [2.45, 2.75) is 62.8 Å². The Morgan fingerprint density at radius 3 is 2.84 bits per heavy atom. The molecule has 0 aliphatic heterocycles. The lowest BCUT2D eigenvalue weighted by Gasteiger charge is -2.14. The normalized spacial score (nSPS) is 26.8. The quantitative estimate of drug-likeness (QED) is 0.651. The predicted octanol–water partition coefficient (Wildman–Crippen LogP) is 3.91. The molecule has 1 aromatic rings. The second-order valence-electron chi connectivity index (χ2n) is 5.65. The van der Waals surface area contributed by atoms with Crippen LogP contribution < -0.4 is 5.32 Å². The number of halogens is 1. The highest BCUT2D eigenvalue weighted by molar-refractivity contribution is 7.14. The van der Waals surface area contributed by atoms with Crippen LogP contribution in [0, 0.1) is 0 Å². The molecule has 1 aromatic heterocycles. The van der Waals surface area contributed by atoms with Crippen LogP contribution in [0.5, 0.6) is 0 Å². The number of hydrogen-bond donors (Lipinski definition) is 1. The molecule has 0 radical (unpaired) electrons. The summed E-state index contributed by atoms with van der Waals surface area (Å²) in [7, 11) is 0. The molecule has 0 saturated heterocycles. The van der Waals surface area contributed by atoms with E-state index in [0.717, 1.165) is 37.0 Å². The molecule has 4 heteroatoms. The molecule has 1 heterocycles. The van der Waals surface area contributed by atoms with Crippen molar-refractivity contribution in [3.63, 3.8) is 0 Å². The Bertz CT molecular complexity index is 447. The molecule has 2 nitrogen and oxygen atoms in total. The van der Waals surface area contributed by atoms with Crippen LogP contribution in [0.3, 0.4) is 0 Å². The maximum absolute atomic E-state index is 12.3. The van der Waals surface area contributed by atoms with Crippen LogP contribution in [-0.2, 0) is 12.8 Å². The molecular formula is C15H20ClNOS. The SMILES string of the molecule is O=C(NC1CCCC1Cl)c1cc2c(s1)CCCCC2.